The van der Waals surface area contributed by atoms with Gasteiger partial charge in [-0.15, -0.1) is 0 Å². The Morgan fingerprint density at radius 2 is 1.79 bits per heavy atom. The van der Waals surface area contributed by atoms with E-state index in [0.29, 0.717) is 5.56 Å². The molecule has 0 radical (unpaired) electrons. The zero-order valence-electron chi connectivity index (χ0n) is 9.71. The molecule has 0 aliphatic carbocycles. The number of Topliss-reactive ketones (excluding diaryl/α,β-unsaturated/α-hetero) is 1. The first-order valence-electron chi connectivity index (χ1n) is 5.31. The van der Waals surface area contributed by atoms with E-state index in [-0.39, 0.29) is 6.42 Å². The first-order valence-corrected chi connectivity index (χ1v) is 5.31. The molecule has 0 unspecified atom stereocenters. The minimum atomic E-state index is -4.27. The Morgan fingerprint density at radius 3 is 2.32 bits per heavy atom. The molecule has 0 aliphatic heterocycles. The Bertz CT molecular complexity index is 417. The molecule has 1 aromatic carbocycles. The number of ketones is 1. The maximum absolute atomic E-state index is 12.6. The summed E-state index contributed by atoms with van der Waals surface area (Å²) in [5, 5.41) is 0. The summed E-state index contributed by atoms with van der Waals surface area (Å²) < 4.78 is 65.3. The predicted molar refractivity (Wildman–Crippen MR) is 56.9 cm³/mol. The largest absolute Gasteiger partial charge is 0.367 e. The highest BCUT2D eigenvalue weighted by Crippen LogP contribution is 2.22. The van der Waals surface area contributed by atoms with Crippen molar-refractivity contribution >= 4 is 5.78 Å². The molecule has 0 fully saturated rings. The normalized spacial score (nSPS) is 11.9. The molecule has 0 aromatic heterocycles. The van der Waals surface area contributed by atoms with E-state index in [1.54, 1.807) is 0 Å². The van der Waals surface area contributed by atoms with Crippen molar-refractivity contribution < 1.29 is 31.5 Å². The Morgan fingerprint density at radius 1 is 1.21 bits per heavy atom. The fourth-order valence-corrected chi connectivity index (χ4v) is 1.24. The molecule has 0 aliphatic rings. The summed E-state index contributed by atoms with van der Waals surface area (Å²) in [5.74, 6) is -5.29. The number of carbonyl (C=O) groups is 1. The molecule has 0 N–H and O–H groups in total. The lowest BCUT2D eigenvalue weighted by Crippen LogP contribution is -2.33. The van der Waals surface area contributed by atoms with Crippen LogP contribution in [0.2, 0.25) is 0 Å². The summed E-state index contributed by atoms with van der Waals surface area (Å²) in [7, 11) is 0. The standard InChI is InChI=1S/C12H11F5O2/c13-9-3-1-8(2-4-9)5-10(18)6-19-7-12(16,17)11(14)15/h1-4,11H,5-7H2. The Hall–Kier alpha value is -1.50. The number of halogens is 5. The summed E-state index contributed by atoms with van der Waals surface area (Å²) in [5.41, 5.74) is 0.482. The van der Waals surface area contributed by atoms with Gasteiger partial charge < -0.3 is 4.74 Å². The van der Waals surface area contributed by atoms with Crippen LogP contribution < -0.4 is 0 Å². The fourth-order valence-electron chi connectivity index (χ4n) is 1.24. The minimum absolute atomic E-state index is 0.138. The number of carbonyl (C=O) groups excluding carboxylic acids is 1. The summed E-state index contributed by atoms with van der Waals surface area (Å²) in [6, 6.07) is 5.02. The zero-order chi connectivity index (χ0) is 14.5. The molecule has 19 heavy (non-hydrogen) atoms. The lowest BCUT2D eigenvalue weighted by Gasteiger charge is -2.14. The van der Waals surface area contributed by atoms with Crippen molar-refractivity contribution in [1.82, 2.24) is 0 Å². The zero-order valence-corrected chi connectivity index (χ0v) is 9.71. The van der Waals surface area contributed by atoms with Crippen LogP contribution in [-0.2, 0) is 16.0 Å². The Labute approximate surface area is 106 Å². The van der Waals surface area contributed by atoms with Gasteiger partial charge in [0, 0.05) is 6.42 Å². The molecule has 0 amide bonds. The van der Waals surface area contributed by atoms with E-state index in [9.17, 15) is 26.7 Å². The van der Waals surface area contributed by atoms with E-state index in [0.717, 1.165) is 12.1 Å². The van der Waals surface area contributed by atoms with Crippen molar-refractivity contribution in [1.29, 1.82) is 0 Å². The van der Waals surface area contributed by atoms with Crippen molar-refractivity contribution in [3.8, 4) is 0 Å². The van der Waals surface area contributed by atoms with Crippen LogP contribution in [0.4, 0.5) is 22.0 Å². The second kappa shape index (κ2) is 6.60. The van der Waals surface area contributed by atoms with Crippen LogP contribution in [0.5, 0.6) is 0 Å². The molecule has 106 valence electrons. The van der Waals surface area contributed by atoms with E-state index < -0.39 is 37.2 Å². The van der Waals surface area contributed by atoms with Crippen molar-refractivity contribution in [3.63, 3.8) is 0 Å². The number of ether oxygens (including phenoxy) is 1. The second-order valence-electron chi connectivity index (χ2n) is 3.90. The van der Waals surface area contributed by atoms with Gasteiger partial charge in [-0.25, -0.2) is 13.2 Å². The molecule has 7 heteroatoms. The van der Waals surface area contributed by atoms with Crippen LogP contribution in [0.25, 0.3) is 0 Å². The average molecular weight is 282 g/mol. The highest BCUT2D eigenvalue weighted by atomic mass is 19.3. The van der Waals surface area contributed by atoms with Gasteiger partial charge in [0.15, 0.2) is 5.78 Å². The Balaban J connectivity index is 2.34. The van der Waals surface area contributed by atoms with Crippen LogP contribution in [-0.4, -0.2) is 31.3 Å². The maximum atomic E-state index is 12.6. The van der Waals surface area contributed by atoms with Gasteiger partial charge >= 0.3 is 12.3 Å². The van der Waals surface area contributed by atoms with E-state index in [4.69, 9.17) is 0 Å². The van der Waals surface area contributed by atoms with Gasteiger partial charge in [-0.05, 0) is 17.7 Å². The topological polar surface area (TPSA) is 26.3 Å². The van der Waals surface area contributed by atoms with Crippen LogP contribution in [0.3, 0.4) is 0 Å². The third kappa shape index (κ3) is 5.34. The number of benzene rings is 1. The molecular weight excluding hydrogens is 271 g/mol. The summed E-state index contributed by atoms with van der Waals surface area (Å²) >= 11 is 0. The van der Waals surface area contributed by atoms with Crippen molar-refractivity contribution in [2.45, 2.75) is 18.8 Å². The molecule has 0 saturated heterocycles. The van der Waals surface area contributed by atoms with Crippen LogP contribution in [0, 0.1) is 5.82 Å². The van der Waals surface area contributed by atoms with Crippen LogP contribution in [0.1, 0.15) is 5.56 Å². The minimum Gasteiger partial charge on any atom is -0.367 e. The third-order valence-electron chi connectivity index (χ3n) is 2.19. The van der Waals surface area contributed by atoms with E-state index in [1.807, 2.05) is 0 Å². The van der Waals surface area contributed by atoms with Crippen LogP contribution in [0.15, 0.2) is 24.3 Å². The summed E-state index contributed by atoms with van der Waals surface area (Å²) in [4.78, 5) is 11.3. The monoisotopic (exact) mass is 282 g/mol. The van der Waals surface area contributed by atoms with Gasteiger partial charge in [0.2, 0.25) is 0 Å². The molecule has 0 spiro atoms. The summed E-state index contributed by atoms with van der Waals surface area (Å²) in [6.07, 6.45) is -3.97. The Kier molecular flexibility index (Phi) is 5.41. The third-order valence-corrected chi connectivity index (χ3v) is 2.19. The van der Waals surface area contributed by atoms with Crippen molar-refractivity contribution in [2.75, 3.05) is 13.2 Å². The second-order valence-corrected chi connectivity index (χ2v) is 3.90. The van der Waals surface area contributed by atoms with Gasteiger partial charge in [0.25, 0.3) is 0 Å². The number of hydrogen-bond donors (Lipinski definition) is 0. The first-order chi connectivity index (χ1) is 8.81. The van der Waals surface area contributed by atoms with E-state index in [1.165, 1.54) is 12.1 Å². The lowest BCUT2D eigenvalue weighted by molar-refractivity contribution is -0.168. The van der Waals surface area contributed by atoms with Gasteiger partial charge in [-0.2, -0.15) is 8.78 Å². The van der Waals surface area contributed by atoms with Gasteiger partial charge in [-0.1, -0.05) is 12.1 Å². The van der Waals surface area contributed by atoms with Gasteiger partial charge in [-0.3, -0.25) is 4.79 Å². The number of rotatable bonds is 7. The highest BCUT2D eigenvalue weighted by Gasteiger charge is 2.41. The SMILES string of the molecule is O=C(COCC(F)(F)C(F)F)Cc1ccc(F)cc1. The predicted octanol–water partition coefficient (Wildman–Crippen LogP) is 2.85. The molecule has 0 saturated carbocycles. The van der Waals surface area contributed by atoms with Crippen molar-refractivity contribution in [2.24, 2.45) is 0 Å². The van der Waals surface area contributed by atoms with E-state index >= 15 is 0 Å². The molecule has 1 rings (SSSR count). The van der Waals surface area contributed by atoms with Gasteiger partial charge in [0.1, 0.15) is 19.0 Å². The first kappa shape index (κ1) is 15.6. The van der Waals surface area contributed by atoms with Gasteiger partial charge in [0.05, 0.1) is 0 Å². The fraction of sp³-hybridized carbons (Fsp3) is 0.417. The average Bonchev–Trinajstić information content (AvgIpc) is 2.31. The molecule has 0 bridgehead atoms. The number of hydrogen-bond acceptors (Lipinski definition) is 2. The molecule has 1 aromatic rings. The van der Waals surface area contributed by atoms with Crippen molar-refractivity contribution in [3.05, 3.63) is 35.6 Å². The number of alkyl halides is 4. The molecule has 2 nitrogen and oxygen atoms in total. The maximum Gasteiger partial charge on any atom is 0.330 e. The smallest absolute Gasteiger partial charge is 0.330 e. The summed E-state index contributed by atoms with van der Waals surface area (Å²) in [6.45, 7) is -2.21. The van der Waals surface area contributed by atoms with E-state index in [2.05, 4.69) is 4.74 Å². The highest BCUT2D eigenvalue weighted by molar-refractivity contribution is 5.82. The van der Waals surface area contributed by atoms with Crippen LogP contribution >= 0.6 is 0 Å². The molecule has 0 heterocycles. The molecular formula is C12H11F5O2. The lowest BCUT2D eigenvalue weighted by atomic mass is 10.1. The molecule has 0 atom stereocenters. The quantitative estimate of drug-likeness (QED) is 0.719.